The van der Waals surface area contributed by atoms with Crippen molar-refractivity contribution < 1.29 is 4.79 Å². The van der Waals surface area contributed by atoms with Crippen molar-refractivity contribution in [3.63, 3.8) is 0 Å². The molecular formula is C18H24N2O. The van der Waals surface area contributed by atoms with E-state index in [4.69, 9.17) is 0 Å². The average molecular weight is 284 g/mol. The fourth-order valence-electron chi connectivity index (χ4n) is 3.38. The number of hydrogen-bond donors (Lipinski definition) is 1. The fraction of sp³-hybridized carbons (Fsp3) is 0.556. The molecule has 0 aliphatic heterocycles. The van der Waals surface area contributed by atoms with Gasteiger partial charge >= 0.3 is 0 Å². The van der Waals surface area contributed by atoms with E-state index in [1.807, 2.05) is 0 Å². The molecule has 2 fully saturated rings. The van der Waals surface area contributed by atoms with Gasteiger partial charge in [0.1, 0.15) is 5.71 Å². The zero-order valence-electron chi connectivity index (χ0n) is 12.6. The Morgan fingerprint density at radius 1 is 0.905 bits per heavy atom. The van der Waals surface area contributed by atoms with E-state index in [1.54, 1.807) is 0 Å². The van der Waals surface area contributed by atoms with Gasteiger partial charge in [0, 0.05) is 6.42 Å². The van der Waals surface area contributed by atoms with Gasteiger partial charge in [0.15, 0.2) is 5.78 Å². The van der Waals surface area contributed by atoms with Gasteiger partial charge in [0.25, 0.3) is 0 Å². The lowest BCUT2D eigenvalue weighted by atomic mass is 9.84. The smallest absolute Gasteiger partial charge is 0.178 e. The van der Waals surface area contributed by atoms with Gasteiger partial charge in [-0.05, 0) is 55.7 Å². The van der Waals surface area contributed by atoms with Crippen molar-refractivity contribution in [3.8, 4) is 0 Å². The number of hydrazone groups is 1. The first-order valence-electron chi connectivity index (χ1n) is 8.28. The molecule has 0 unspecified atom stereocenters. The standard InChI is InChI=1S/C18H24N2O/c21-18-9-5-4-8-17(18)20-19-16-12-10-15(11-13-16)14-6-2-1-3-7-14/h10-14,19H,1-9H2/b20-17-. The van der Waals surface area contributed by atoms with Crippen molar-refractivity contribution in [3.05, 3.63) is 29.8 Å². The molecule has 0 atom stereocenters. The zero-order chi connectivity index (χ0) is 14.5. The lowest BCUT2D eigenvalue weighted by Crippen LogP contribution is -2.19. The molecule has 3 heteroatoms. The molecule has 0 heterocycles. The molecule has 3 rings (SSSR count). The highest BCUT2D eigenvalue weighted by Crippen LogP contribution is 2.32. The Morgan fingerprint density at radius 3 is 2.33 bits per heavy atom. The summed E-state index contributed by atoms with van der Waals surface area (Å²) >= 11 is 0. The molecule has 0 radical (unpaired) electrons. The zero-order valence-corrected chi connectivity index (χ0v) is 12.6. The Labute approximate surface area is 126 Å². The van der Waals surface area contributed by atoms with Crippen LogP contribution in [0.4, 0.5) is 5.69 Å². The molecule has 0 saturated heterocycles. The lowest BCUT2D eigenvalue weighted by Gasteiger charge is -2.22. The maximum Gasteiger partial charge on any atom is 0.178 e. The molecule has 1 aromatic carbocycles. The Hall–Kier alpha value is -1.64. The van der Waals surface area contributed by atoms with Gasteiger partial charge in [0.05, 0.1) is 5.69 Å². The number of carbonyl (C=O) groups is 1. The van der Waals surface area contributed by atoms with E-state index >= 15 is 0 Å². The summed E-state index contributed by atoms with van der Waals surface area (Å²) in [4.78, 5) is 11.7. The number of rotatable bonds is 3. The molecule has 21 heavy (non-hydrogen) atoms. The Kier molecular flexibility index (Phi) is 4.69. The number of nitrogens with one attached hydrogen (secondary N) is 1. The lowest BCUT2D eigenvalue weighted by molar-refractivity contribution is -0.113. The number of carbonyl (C=O) groups excluding carboxylic acids is 1. The number of benzene rings is 1. The minimum absolute atomic E-state index is 0.201. The summed E-state index contributed by atoms with van der Waals surface area (Å²) < 4.78 is 0. The third-order valence-electron chi connectivity index (χ3n) is 4.70. The Balaban J connectivity index is 1.61. The van der Waals surface area contributed by atoms with Gasteiger partial charge in [-0.25, -0.2) is 0 Å². The van der Waals surface area contributed by atoms with Crippen LogP contribution in [0.1, 0.15) is 69.3 Å². The van der Waals surface area contributed by atoms with Gasteiger partial charge in [0.2, 0.25) is 0 Å². The number of Topliss-reactive ketones (excluding diaryl/α,β-unsaturated/α-hetero) is 1. The van der Waals surface area contributed by atoms with Crippen LogP contribution in [-0.4, -0.2) is 11.5 Å². The van der Waals surface area contributed by atoms with E-state index in [9.17, 15) is 4.79 Å². The van der Waals surface area contributed by atoms with E-state index in [1.165, 1.54) is 37.7 Å². The molecule has 0 bridgehead atoms. The minimum Gasteiger partial charge on any atom is -0.293 e. The quantitative estimate of drug-likeness (QED) is 0.821. The molecule has 2 aliphatic rings. The van der Waals surface area contributed by atoms with Crippen LogP contribution < -0.4 is 5.43 Å². The average Bonchev–Trinajstić information content (AvgIpc) is 2.55. The van der Waals surface area contributed by atoms with Crippen molar-refractivity contribution in [2.75, 3.05) is 5.43 Å². The first kappa shape index (κ1) is 14.3. The van der Waals surface area contributed by atoms with Crippen LogP contribution >= 0.6 is 0 Å². The first-order chi connectivity index (χ1) is 10.3. The van der Waals surface area contributed by atoms with E-state index in [2.05, 4.69) is 34.8 Å². The fourth-order valence-corrected chi connectivity index (χ4v) is 3.38. The number of ketones is 1. The molecule has 1 aromatic rings. The molecule has 0 aromatic heterocycles. The van der Waals surface area contributed by atoms with E-state index in [-0.39, 0.29) is 5.78 Å². The summed E-state index contributed by atoms with van der Waals surface area (Å²) in [5.74, 6) is 0.937. The topological polar surface area (TPSA) is 41.5 Å². The highest BCUT2D eigenvalue weighted by atomic mass is 16.1. The second-order valence-electron chi connectivity index (χ2n) is 6.26. The third kappa shape index (κ3) is 3.72. The maximum absolute atomic E-state index is 11.7. The molecule has 2 aliphatic carbocycles. The summed E-state index contributed by atoms with van der Waals surface area (Å²) in [7, 11) is 0. The largest absolute Gasteiger partial charge is 0.293 e. The van der Waals surface area contributed by atoms with E-state index < -0.39 is 0 Å². The van der Waals surface area contributed by atoms with Crippen molar-refractivity contribution in [2.45, 2.75) is 63.7 Å². The van der Waals surface area contributed by atoms with Crippen LogP contribution in [0.2, 0.25) is 0 Å². The maximum atomic E-state index is 11.7. The number of nitrogens with zero attached hydrogens (tertiary/aromatic N) is 1. The summed E-state index contributed by atoms with van der Waals surface area (Å²) in [5.41, 5.74) is 6.17. The summed E-state index contributed by atoms with van der Waals surface area (Å²) in [6.45, 7) is 0. The van der Waals surface area contributed by atoms with Gasteiger partial charge in [-0.1, -0.05) is 31.4 Å². The second-order valence-corrected chi connectivity index (χ2v) is 6.26. The molecule has 1 N–H and O–H groups in total. The van der Waals surface area contributed by atoms with Crippen LogP contribution in [0.5, 0.6) is 0 Å². The van der Waals surface area contributed by atoms with Gasteiger partial charge in [-0.2, -0.15) is 5.10 Å². The Bertz CT molecular complexity index is 513. The third-order valence-corrected chi connectivity index (χ3v) is 4.70. The highest BCUT2D eigenvalue weighted by Gasteiger charge is 2.17. The normalized spacial score (nSPS) is 22.5. The summed E-state index contributed by atoms with van der Waals surface area (Å²) in [6, 6.07) is 8.59. The summed E-state index contributed by atoms with van der Waals surface area (Å²) in [6.07, 6.45) is 10.3. The van der Waals surface area contributed by atoms with E-state index in [0.29, 0.717) is 12.1 Å². The first-order valence-corrected chi connectivity index (χ1v) is 8.28. The van der Waals surface area contributed by atoms with Crippen LogP contribution in [0.15, 0.2) is 29.4 Å². The molecule has 2 saturated carbocycles. The molecule has 0 spiro atoms. The number of anilines is 1. The van der Waals surface area contributed by atoms with Crippen LogP contribution in [0.25, 0.3) is 0 Å². The molecule has 3 nitrogen and oxygen atoms in total. The number of hydrogen-bond acceptors (Lipinski definition) is 3. The van der Waals surface area contributed by atoms with Crippen molar-refractivity contribution in [2.24, 2.45) is 5.10 Å². The molecule has 112 valence electrons. The highest BCUT2D eigenvalue weighted by molar-refractivity contribution is 6.40. The van der Waals surface area contributed by atoms with Crippen LogP contribution in [0.3, 0.4) is 0 Å². The predicted molar refractivity (Wildman–Crippen MR) is 86.8 cm³/mol. The van der Waals surface area contributed by atoms with Crippen LogP contribution in [-0.2, 0) is 4.79 Å². The van der Waals surface area contributed by atoms with Gasteiger partial charge in [-0.15, -0.1) is 0 Å². The SMILES string of the molecule is O=C1CCCC/C1=N/Nc1ccc(C2CCCCC2)cc1. The van der Waals surface area contributed by atoms with Crippen molar-refractivity contribution in [1.29, 1.82) is 0 Å². The molecular weight excluding hydrogens is 260 g/mol. The van der Waals surface area contributed by atoms with Gasteiger partial charge in [-0.3, -0.25) is 10.2 Å². The van der Waals surface area contributed by atoms with Crippen LogP contribution in [0, 0.1) is 0 Å². The second kappa shape index (κ2) is 6.88. The van der Waals surface area contributed by atoms with Gasteiger partial charge < -0.3 is 0 Å². The predicted octanol–water partition coefficient (Wildman–Crippen LogP) is 4.65. The Morgan fingerprint density at radius 2 is 1.62 bits per heavy atom. The van der Waals surface area contributed by atoms with E-state index in [0.717, 1.165) is 30.9 Å². The molecule has 0 amide bonds. The minimum atomic E-state index is 0.201. The van der Waals surface area contributed by atoms with Crippen molar-refractivity contribution >= 4 is 17.2 Å². The monoisotopic (exact) mass is 284 g/mol. The van der Waals surface area contributed by atoms with Crippen molar-refractivity contribution in [1.82, 2.24) is 0 Å². The summed E-state index contributed by atoms with van der Waals surface area (Å²) in [5, 5.41) is 4.29.